The Morgan fingerprint density at radius 3 is 2.62 bits per heavy atom. The third-order valence-electron chi connectivity index (χ3n) is 2.71. The molecule has 0 aromatic carbocycles. The Kier molecular flexibility index (Phi) is 8.18. The summed E-state index contributed by atoms with van der Waals surface area (Å²) in [5.41, 5.74) is -0.378. The molecule has 0 aliphatic heterocycles. The number of likely N-dealkylation sites (N-methyl/N-ethyl adjacent to an activating group) is 1. The lowest BCUT2D eigenvalue weighted by Gasteiger charge is -2.24. The molecule has 1 atom stereocenters. The summed E-state index contributed by atoms with van der Waals surface area (Å²) in [6.45, 7) is 7.54. The highest BCUT2D eigenvalue weighted by atomic mass is 16.5. The van der Waals surface area contributed by atoms with Gasteiger partial charge in [0.25, 0.3) is 0 Å². The fraction of sp³-hybridized carbons (Fsp3) is 0.917. The van der Waals surface area contributed by atoms with Crippen LogP contribution >= 0.6 is 0 Å². The Morgan fingerprint density at radius 2 is 2.12 bits per heavy atom. The van der Waals surface area contributed by atoms with E-state index < -0.39 is 0 Å². The SMILES string of the molecule is CCNC(C)(C#N)CCCN(C)CCOC. The van der Waals surface area contributed by atoms with E-state index in [9.17, 15) is 0 Å². The fourth-order valence-electron chi connectivity index (χ4n) is 1.64. The molecule has 4 nitrogen and oxygen atoms in total. The average molecular weight is 227 g/mol. The maximum atomic E-state index is 9.08. The minimum absolute atomic E-state index is 0.378. The van der Waals surface area contributed by atoms with E-state index in [1.54, 1.807) is 7.11 Å². The van der Waals surface area contributed by atoms with E-state index in [1.807, 2.05) is 13.8 Å². The van der Waals surface area contributed by atoms with Crippen molar-refractivity contribution in [1.29, 1.82) is 5.26 Å². The molecular weight excluding hydrogens is 202 g/mol. The van der Waals surface area contributed by atoms with Crippen LogP contribution in [0.4, 0.5) is 0 Å². The second-order valence-electron chi connectivity index (χ2n) is 4.37. The third-order valence-corrected chi connectivity index (χ3v) is 2.71. The van der Waals surface area contributed by atoms with Crippen LogP contribution < -0.4 is 5.32 Å². The lowest BCUT2D eigenvalue weighted by atomic mass is 9.97. The van der Waals surface area contributed by atoms with Crippen molar-refractivity contribution in [3.63, 3.8) is 0 Å². The van der Waals surface area contributed by atoms with Gasteiger partial charge in [0.15, 0.2) is 0 Å². The van der Waals surface area contributed by atoms with Gasteiger partial charge in [-0.05, 0) is 39.9 Å². The molecule has 0 saturated heterocycles. The number of rotatable bonds is 9. The molecule has 0 amide bonds. The molecule has 0 aliphatic rings. The van der Waals surface area contributed by atoms with Gasteiger partial charge in [-0.2, -0.15) is 5.26 Å². The molecule has 0 aromatic rings. The van der Waals surface area contributed by atoms with Crippen LogP contribution in [0.5, 0.6) is 0 Å². The maximum Gasteiger partial charge on any atom is 0.103 e. The average Bonchev–Trinajstić information content (AvgIpc) is 2.26. The van der Waals surface area contributed by atoms with Crippen LogP contribution in [-0.2, 0) is 4.74 Å². The van der Waals surface area contributed by atoms with Gasteiger partial charge in [0.05, 0.1) is 12.7 Å². The van der Waals surface area contributed by atoms with E-state index in [4.69, 9.17) is 10.00 Å². The smallest absolute Gasteiger partial charge is 0.103 e. The van der Waals surface area contributed by atoms with Crippen molar-refractivity contribution in [2.75, 3.05) is 40.4 Å². The maximum absolute atomic E-state index is 9.08. The summed E-state index contributed by atoms with van der Waals surface area (Å²) in [5.74, 6) is 0. The van der Waals surface area contributed by atoms with Crippen molar-refractivity contribution in [2.24, 2.45) is 0 Å². The zero-order chi connectivity index (χ0) is 12.4. The lowest BCUT2D eigenvalue weighted by molar-refractivity contribution is 0.159. The molecule has 4 heteroatoms. The van der Waals surface area contributed by atoms with Gasteiger partial charge in [0, 0.05) is 13.7 Å². The topological polar surface area (TPSA) is 48.3 Å². The van der Waals surface area contributed by atoms with E-state index in [1.165, 1.54) is 0 Å². The monoisotopic (exact) mass is 227 g/mol. The molecule has 94 valence electrons. The molecule has 1 N–H and O–H groups in total. The predicted molar refractivity (Wildman–Crippen MR) is 66.3 cm³/mol. The van der Waals surface area contributed by atoms with Gasteiger partial charge in [0.2, 0.25) is 0 Å². The van der Waals surface area contributed by atoms with Crippen molar-refractivity contribution < 1.29 is 4.74 Å². The molecule has 1 unspecified atom stereocenters. The quantitative estimate of drug-likeness (QED) is 0.644. The molecule has 0 radical (unpaired) electrons. The highest BCUT2D eigenvalue weighted by Gasteiger charge is 2.21. The molecule has 0 bridgehead atoms. The normalized spacial score (nSPS) is 14.8. The van der Waals surface area contributed by atoms with Gasteiger partial charge < -0.3 is 9.64 Å². The summed E-state index contributed by atoms with van der Waals surface area (Å²) in [6, 6.07) is 2.34. The van der Waals surface area contributed by atoms with E-state index in [0.717, 1.165) is 39.1 Å². The number of nitrogens with one attached hydrogen (secondary N) is 1. The zero-order valence-corrected chi connectivity index (χ0v) is 11.0. The summed E-state index contributed by atoms with van der Waals surface area (Å²) in [5, 5.41) is 12.3. The first kappa shape index (κ1) is 15.4. The molecule has 0 heterocycles. The van der Waals surface area contributed by atoms with E-state index in [2.05, 4.69) is 23.3 Å². The number of methoxy groups -OCH3 is 1. The number of ether oxygens (including phenoxy) is 1. The summed E-state index contributed by atoms with van der Waals surface area (Å²) >= 11 is 0. The van der Waals surface area contributed by atoms with E-state index in [0.29, 0.717) is 0 Å². The van der Waals surface area contributed by atoms with Gasteiger partial charge in [-0.25, -0.2) is 0 Å². The predicted octanol–water partition coefficient (Wildman–Crippen LogP) is 1.24. The van der Waals surface area contributed by atoms with Crippen LogP contribution in [0.2, 0.25) is 0 Å². The zero-order valence-electron chi connectivity index (χ0n) is 11.0. The van der Waals surface area contributed by atoms with Gasteiger partial charge in [-0.1, -0.05) is 6.92 Å². The van der Waals surface area contributed by atoms with Crippen LogP contribution in [-0.4, -0.2) is 50.8 Å². The Morgan fingerprint density at radius 1 is 1.44 bits per heavy atom. The highest BCUT2D eigenvalue weighted by molar-refractivity contribution is 5.03. The molecule has 0 rings (SSSR count). The van der Waals surface area contributed by atoms with Crippen molar-refractivity contribution in [3.05, 3.63) is 0 Å². The Hall–Kier alpha value is -0.630. The van der Waals surface area contributed by atoms with Crippen molar-refractivity contribution in [2.45, 2.75) is 32.2 Å². The van der Waals surface area contributed by atoms with Crippen LogP contribution in [0.1, 0.15) is 26.7 Å². The van der Waals surface area contributed by atoms with Crippen molar-refractivity contribution in [1.82, 2.24) is 10.2 Å². The molecule has 16 heavy (non-hydrogen) atoms. The second kappa shape index (κ2) is 8.51. The van der Waals surface area contributed by atoms with Crippen LogP contribution in [0, 0.1) is 11.3 Å². The number of nitrogens with zero attached hydrogens (tertiary/aromatic N) is 2. The summed E-state index contributed by atoms with van der Waals surface area (Å²) in [4.78, 5) is 2.23. The van der Waals surface area contributed by atoms with Crippen LogP contribution in [0.25, 0.3) is 0 Å². The number of nitriles is 1. The number of hydrogen-bond donors (Lipinski definition) is 1. The summed E-state index contributed by atoms with van der Waals surface area (Å²) in [7, 11) is 3.79. The molecule has 0 aliphatic carbocycles. The number of hydrogen-bond acceptors (Lipinski definition) is 4. The lowest BCUT2D eigenvalue weighted by Crippen LogP contribution is -2.41. The minimum Gasteiger partial charge on any atom is -0.383 e. The van der Waals surface area contributed by atoms with Gasteiger partial charge in [0.1, 0.15) is 5.54 Å². The molecule has 0 aromatic heterocycles. The first-order valence-corrected chi connectivity index (χ1v) is 5.91. The largest absolute Gasteiger partial charge is 0.383 e. The van der Waals surface area contributed by atoms with Crippen molar-refractivity contribution in [3.8, 4) is 6.07 Å². The van der Waals surface area contributed by atoms with Gasteiger partial charge in [-0.15, -0.1) is 0 Å². The molecular formula is C12H25N3O. The highest BCUT2D eigenvalue weighted by Crippen LogP contribution is 2.11. The molecule has 0 spiro atoms. The first-order chi connectivity index (χ1) is 7.58. The van der Waals surface area contributed by atoms with Crippen LogP contribution in [0.3, 0.4) is 0 Å². The first-order valence-electron chi connectivity index (χ1n) is 5.91. The second-order valence-corrected chi connectivity index (χ2v) is 4.37. The van der Waals surface area contributed by atoms with Gasteiger partial charge >= 0.3 is 0 Å². The van der Waals surface area contributed by atoms with Gasteiger partial charge in [-0.3, -0.25) is 5.32 Å². The minimum atomic E-state index is -0.378. The van der Waals surface area contributed by atoms with Crippen LogP contribution in [0.15, 0.2) is 0 Å². The van der Waals surface area contributed by atoms with Crippen molar-refractivity contribution >= 4 is 0 Å². The third kappa shape index (κ3) is 6.78. The Bertz CT molecular complexity index is 215. The summed E-state index contributed by atoms with van der Waals surface area (Å²) in [6.07, 6.45) is 1.91. The standard InChI is InChI=1S/C12H25N3O/c1-5-14-12(2,11-13)7-6-8-15(3)9-10-16-4/h14H,5-10H2,1-4H3. The molecule has 0 saturated carbocycles. The molecule has 0 fully saturated rings. The fourth-order valence-corrected chi connectivity index (χ4v) is 1.64. The van der Waals surface area contributed by atoms with E-state index in [-0.39, 0.29) is 5.54 Å². The van der Waals surface area contributed by atoms with E-state index >= 15 is 0 Å². The Labute approximate surface area is 99.6 Å². The summed E-state index contributed by atoms with van der Waals surface area (Å²) < 4.78 is 5.01. The Balaban J connectivity index is 3.74.